The molecule has 0 fully saturated rings. The number of nitrogens with one attached hydrogen (secondary N) is 1. The van der Waals surface area contributed by atoms with Crippen LogP contribution in [0.1, 0.15) is 22.8 Å². The lowest BCUT2D eigenvalue weighted by Gasteiger charge is -2.18. The Balaban J connectivity index is 1.88. The maximum absolute atomic E-state index is 12.3. The molecule has 150 valence electrons. The molecule has 1 amide bonds. The molecule has 0 radical (unpaired) electrons. The van der Waals surface area contributed by atoms with Gasteiger partial charge in [-0.25, -0.2) is 4.79 Å². The molecular formula is C21H26N2O5. The van der Waals surface area contributed by atoms with Gasteiger partial charge >= 0.3 is 5.97 Å². The van der Waals surface area contributed by atoms with E-state index in [4.69, 9.17) is 14.6 Å². The molecule has 0 saturated heterocycles. The van der Waals surface area contributed by atoms with E-state index in [0.29, 0.717) is 30.9 Å². The van der Waals surface area contributed by atoms with E-state index in [-0.39, 0.29) is 19.1 Å². The quantitative estimate of drug-likeness (QED) is 0.609. The first-order valence-electron chi connectivity index (χ1n) is 9.11. The van der Waals surface area contributed by atoms with Crippen LogP contribution in [0.2, 0.25) is 0 Å². The van der Waals surface area contributed by atoms with Crippen molar-refractivity contribution < 1.29 is 24.2 Å². The summed E-state index contributed by atoms with van der Waals surface area (Å²) in [6, 6.07) is 14.3. The lowest BCUT2D eigenvalue weighted by molar-refractivity contribution is -0.133. The van der Waals surface area contributed by atoms with Crippen LogP contribution in [-0.2, 0) is 16.1 Å². The highest BCUT2D eigenvalue weighted by Crippen LogP contribution is 2.16. The fraction of sp³-hybridized carbons (Fsp3) is 0.333. The Bertz CT molecular complexity index is 777. The molecular weight excluding hydrogens is 360 g/mol. The van der Waals surface area contributed by atoms with Crippen molar-refractivity contribution >= 4 is 17.6 Å². The van der Waals surface area contributed by atoms with Crippen molar-refractivity contribution in [3.63, 3.8) is 0 Å². The number of hydrogen-bond acceptors (Lipinski definition) is 6. The Labute approximate surface area is 164 Å². The van der Waals surface area contributed by atoms with Gasteiger partial charge in [0.25, 0.3) is 5.91 Å². The summed E-state index contributed by atoms with van der Waals surface area (Å²) in [6.07, 6.45) is 0. The van der Waals surface area contributed by atoms with E-state index in [2.05, 4.69) is 5.32 Å². The molecule has 0 aliphatic heterocycles. The van der Waals surface area contributed by atoms with Crippen molar-refractivity contribution in [3.8, 4) is 5.75 Å². The normalized spacial score (nSPS) is 10.2. The Kier molecular flexibility index (Phi) is 8.30. The summed E-state index contributed by atoms with van der Waals surface area (Å²) in [5.74, 6) is -0.116. The van der Waals surface area contributed by atoms with Crippen LogP contribution in [0.4, 0.5) is 5.69 Å². The Morgan fingerprint density at radius 3 is 2.50 bits per heavy atom. The molecule has 0 saturated carbocycles. The largest absolute Gasteiger partial charge is 0.494 e. The number of rotatable bonds is 10. The van der Waals surface area contributed by atoms with Gasteiger partial charge in [-0.05, 0) is 36.8 Å². The fourth-order valence-corrected chi connectivity index (χ4v) is 2.54. The zero-order chi connectivity index (χ0) is 20.4. The predicted octanol–water partition coefficient (Wildman–Crippen LogP) is 2.30. The summed E-state index contributed by atoms with van der Waals surface area (Å²) >= 11 is 0. The number of amides is 1. The van der Waals surface area contributed by atoms with E-state index in [1.54, 1.807) is 31.3 Å². The van der Waals surface area contributed by atoms with E-state index < -0.39 is 5.97 Å². The number of carbonyl (C=O) groups excluding carboxylic acids is 2. The second-order valence-electron chi connectivity index (χ2n) is 6.10. The van der Waals surface area contributed by atoms with Gasteiger partial charge in [-0.1, -0.05) is 24.3 Å². The lowest BCUT2D eigenvalue weighted by atomic mass is 10.2. The lowest BCUT2D eigenvalue weighted by Crippen LogP contribution is -2.31. The smallest absolute Gasteiger partial charge is 0.340 e. The molecule has 0 unspecified atom stereocenters. The topological polar surface area (TPSA) is 88.1 Å². The highest BCUT2D eigenvalue weighted by molar-refractivity contribution is 5.96. The number of ether oxygens (including phenoxy) is 2. The van der Waals surface area contributed by atoms with Crippen molar-refractivity contribution in [2.24, 2.45) is 0 Å². The average molecular weight is 386 g/mol. The number of benzene rings is 2. The minimum absolute atomic E-state index is 0.0573. The molecule has 28 heavy (non-hydrogen) atoms. The highest BCUT2D eigenvalue weighted by Gasteiger charge is 2.16. The maximum atomic E-state index is 12.3. The van der Waals surface area contributed by atoms with Gasteiger partial charge in [-0.3, -0.25) is 4.79 Å². The first-order valence-corrected chi connectivity index (χ1v) is 9.11. The summed E-state index contributed by atoms with van der Waals surface area (Å²) in [4.78, 5) is 26.1. The third kappa shape index (κ3) is 6.28. The molecule has 0 bridgehead atoms. The first kappa shape index (κ1) is 21.2. The number of aliphatic hydroxyl groups excluding tert-OH is 1. The van der Waals surface area contributed by atoms with Gasteiger partial charge in [0.1, 0.15) is 5.75 Å². The second-order valence-corrected chi connectivity index (χ2v) is 6.10. The Morgan fingerprint density at radius 2 is 1.82 bits per heavy atom. The number of hydrogen-bond donors (Lipinski definition) is 2. The first-order chi connectivity index (χ1) is 13.5. The number of carbonyl (C=O) groups is 2. The van der Waals surface area contributed by atoms with E-state index in [0.717, 1.165) is 11.3 Å². The van der Waals surface area contributed by atoms with Crippen LogP contribution in [0, 0.1) is 0 Å². The van der Waals surface area contributed by atoms with Gasteiger partial charge in [0, 0.05) is 25.8 Å². The van der Waals surface area contributed by atoms with Crippen LogP contribution in [0.3, 0.4) is 0 Å². The van der Waals surface area contributed by atoms with Crippen molar-refractivity contribution in [2.75, 3.05) is 38.7 Å². The molecule has 0 aliphatic carbocycles. The number of nitrogens with zero attached hydrogens (tertiary/aromatic N) is 1. The molecule has 0 spiro atoms. The second kappa shape index (κ2) is 10.9. The van der Waals surface area contributed by atoms with Crippen molar-refractivity contribution in [1.82, 2.24) is 4.90 Å². The van der Waals surface area contributed by atoms with Crippen molar-refractivity contribution in [3.05, 3.63) is 59.7 Å². The van der Waals surface area contributed by atoms with Gasteiger partial charge in [-0.15, -0.1) is 0 Å². The standard InChI is InChI=1S/C21H26N2O5/c1-3-27-17-10-8-16(9-11-17)14-23(2)20(25)15-28-21(26)18-6-4-5-7-19(18)22-12-13-24/h4-11,22,24H,3,12-15H2,1-2H3. The van der Waals surface area contributed by atoms with Crippen LogP contribution >= 0.6 is 0 Å². The van der Waals surface area contributed by atoms with E-state index in [9.17, 15) is 9.59 Å². The van der Waals surface area contributed by atoms with Crippen LogP contribution in [0.25, 0.3) is 0 Å². The van der Waals surface area contributed by atoms with E-state index >= 15 is 0 Å². The monoisotopic (exact) mass is 386 g/mol. The summed E-state index contributed by atoms with van der Waals surface area (Å²) in [6.45, 7) is 2.83. The summed E-state index contributed by atoms with van der Waals surface area (Å²) < 4.78 is 10.6. The predicted molar refractivity (Wildman–Crippen MR) is 106 cm³/mol. The third-order valence-electron chi connectivity index (χ3n) is 3.98. The molecule has 7 heteroatoms. The van der Waals surface area contributed by atoms with Crippen LogP contribution in [-0.4, -0.2) is 55.3 Å². The Hall–Kier alpha value is -3.06. The third-order valence-corrected chi connectivity index (χ3v) is 3.98. The summed E-state index contributed by atoms with van der Waals surface area (Å²) in [5, 5.41) is 11.9. The molecule has 2 aromatic carbocycles. The number of anilines is 1. The van der Waals surface area contributed by atoms with Gasteiger partial charge < -0.3 is 24.8 Å². The summed E-state index contributed by atoms with van der Waals surface area (Å²) in [7, 11) is 1.66. The number of aliphatic hydroxyl groups is 1. The van der Waals surface area contributed by atoms with Crippen molar-refractivity contribution in [1.29, 1.82) is 0 Å². The van der Waals surface area contributed by atoms with Gasteiger partial charge in [-0.2, -0.15) is 0 Å². The minimum Gasteiger partial charge on any atom is -0.494 e. The average Bonchev–Trinajstić information content (AvgIpc) is 2.72. The van der Waals surface area contributed by atoms with Crippen molar-refractivity contribution in [2.45, 2.75) is 13.5 Å². The Morgan fingerprint density at radius 1 is 1.11 bits per heavy atom. The van der Waals surface area contributed by atoms with E-state index in [1.807, 2.05) is 31.2 Å². The van der Waals surface area contributed by atoms with Gasteiger partial charge in [0.05, 0.1) is 18.8 Å². The molecule has 7 nitrogen and oxygen atoms in total. The SMILES string of the molecule is CCOc1ccc(CN(C)C(=O)COC(=O)c2ccccc2NCCO)cc1. The molecule has 0 aliphatic rings. The molecule has 0 heterocycles. The molecule has 0 aromatic heterocycles. The van der Waals surface area contributed by atoms with Gasteiger partial charge in [0.15, 0.2) is 6.61 Å². The molecule has 2 rings (SSSR count). The minimum atomic E-state index is -0.594. The van der Waals surface area contributed by atoms with E-state index in [1.165, 1.54) is 4.90 Å². The maximum Gasteiger partial charge on any atom is 0.340 e. The summed E-state index contributed by atoms with van der Waals surface area (Å²) in [5.41, 5.74) is 1.82. The van der Waals surface area contributed by atoms with Crippen LogP contribution < -0.4 is 10.1 Å². The number of esters is 1. The van der Waals surface area contributed by atoms with Gasteiger partial charge in [0.2, 0.25) is 0 Å². The molecule has 0 atom stereocenters. The van der Waals surface area contributed by atoms with Crippen LogP contribution in [0.15, 0.2) is 48.5 Å². The molecule has 2 N–H and O–H groups in total. The highest BCUT2D eigenvalue weighted by atomic mass is 16.5. The van der Waals surface area contributed by atoms with Crippen LogP contribution in [0.5, 0.6) is 5.75 Å². The fourth-order valence-electron chi connectivity index (χ4n) is 2.54. The number of para-hydroxylation sites is 1. The zero-order valence-corrected chi connectivity index (χ0v) is 16.2. The molecule has 2 aromatic rings. The zero-order valence-electron chi connectivity index (χ0n) is 16.2. The number of likely N-dealkylation sites (N-methyl/N-ethyl adjacent to an activating group) is 1.